The van der Waals surface area contributed by atoms with E-state index in [9.17, 15) is 8.78 Å². The van der Waals surface area contributed by atoms with Crippen molar-refractivity contribution in [2.45, 2.75) is 38.5 Å². The molecule has 1 nitrogen and oxygen atoms in total. The third-order valence-electron chi connectivity index (χ3n) is 4.53. The number of hydrogen-bond acceptors (Lipinski definition) is 1. The summed E-state index contributed by atoms with van der Waals surface area (Å²) < 4.78 is 32.9. The minimum atomic E-state index is -0.779. The predicted molar refractivity (Wildman–Crippen MR) is 93.2 cm³/mol. The van der Waals surface area contributed by atoms with Gasteiger partial charge in [0.15, 0.2) is 11.6 Å². The molecule has 0 radical (unpaired) electrons. The molecule has 0 saturated carbocycles. The first kappa shape index (κ1) is 16.7. The van der Waals surface area contributed by atoms with Gasteiger partial charge in [-0.1, -0.05) is 37.3 Å². The first-order chi connectivity index (χ1) is 11.7. The molecule has 0 amide bonds. The monoisotopic (exact) mass is 328 g/mol. The van der Waals surface area contributed by atoms with E-state index in [0.29, 0.717) is 11.5 Å². The molecule has 126 valence electrons. The van der Waals surface area contributed by atoms with Crippen LogP contribution in [0.25, 0.3) is 5.57 Å². The second-order valence-electron chi connectivity index (χ2n) is 6.22. The SMILES string of the molecule is CCCOc1ccc(C2CC=C(c3cccc(F)c3F)CC2)cc1. The van der Waals surface area contributed by atoms with Crippen LogP contribution in [-0.4, -0.2) is 6.61 Å². The van der Waals surface area contributed by atoms with E-state index in [1.807, 2.05) is 18.2 Å². The van der Waals surface area contributed by atoms with Crippen LogP contribution < -0.4 is 4.74 Å². The molecule has 0 heterocycles. The van der Waals surface area contributed by atoms with Gasteiger partial charge in [0.25, 0.3) is 0 Å². The normalized spacial score (nSPS) is 17.5. The van der Waals surface area contributed by atoms with Gasteiger partial charge in [0.2, 0.25) is 0 Å². The predicted octanol–water partition coefficient (Wildman–Crippen LogP) is 6.10. The van der Waals surface area contributed by atoms with Gasteiger partial charge in [-0.3, -0.25) is 0 Å². The lowest BCUT2D eigenvalue weighted by Gasteiger charge is -2.23. The molecule has 1 aliphatic carbocycles. The topological polar surface area (TPSA) is 9.23 Å². The lowest BCUT2D eigenvalue weighted by atomic mass is 9.82. The van der Waals surface area contributed by atoms with E-state index in [1.54, 1.807) is 12.1 Å². The summed E-state index contributed by atoms with van der Waals surface area (Å²) in [6.07, 6.45) is 5.60. The minimum absolute atomic E-state index is 0.400. The Labute approximate surface area is 142 Å². The van der Waals surface area contributed by atoms with Crippen LogP contribution in [0.1, 0.15) is 49.7 Å². The van der Waals surface area contributed by atoms with Gasteiger partial charge in [-0.15, -0.1) is 0 Å². The molecule has 3 rings (SSSR count). The van der Waals surface area contributed by atoms with E-state index in [0.717, 1.165) is 49.7 Å². The van der Waals surface area contributed by atoms with Gasteiger partial charge in [0.1, 0.15) is 5.75 Å². The van der Waals surface area contributed by atoms with Crippen molar-refractivity contribution >= 4 is 5.57 Å². The molecule has 0 spiro atoms. The quantitative estimate of drug-likeness (QED) is 0.644. The number of ether oxygens (including phenoxy) is 1. The zero-order valence-corrected chi connectivity index (χ0v) is 13.9. The van der Waals surface area contributed by atoms with Gasteiger partial charge in [0, 0.05) is 5.56 Å². The Balaban J connectivity index is 1.69. The number of rotatable bonds is 5. The highest BCUT2D eigenvalue weighted by molar-refractivity contribution is 5.67. The van der Waals surface area contributed by atoms with Crippen molar-refractivity contribution in [3.05, 3.63) is 71.3 Å². The van der Waals surface area contributed by atoms with Gasteiger partial charge in [-0.2, -0.15) is 0 Å². The summed E-state index contributed by atoms with van der Waals surface area (Å²) in [5, 5.41) is 0. The van der Waals surface area contributed by atoms with E-state index in [4.69, 9.17) is 4.74 Å². The van der Waals surface area contributed by atoms with Crippen molar-refractivity contribution in [1.29, 1.82) is 0 Å². The van der Waals surface area contributed by atoms with Crippen molar-refractivity contribution < 1.29 is 13.5 Å². The Bertz CT molecular complexity index is 719. The molecule has 24 heavy (non-hydrogen) atoms. The van der Waals surface area contributed by atoms with E-state index in [2.05, 4.69) is 19.1 Å². The maximum absolute atomic E-state index is 13.9. The van der Waals surface area contributed by atoms with Crippen LogP contribution >= 0.6 is 0 Å². The van der Waals surface area contributed by atoms with Crippen LogP contribution in [0.3, 0.4) is 0 Å². The van der Waals surface area contributed by atoms with Gasteiger partial charge >= 0.3 is 0 Å². The van der Waals surface area contributed by atoms with Crippen LogP contribution in [0.4, 0.5) is 8.78 Å². The van der Waals surface area contributed by atoms with Crippen LogP contribution in [-0.2, 0) is 0 Å². The Morgan fingerprint density at radius 2 is 1.88 bits per heavy atom. The summed E-state index contributed by atoms with van der Waals surface area (Å²) in [7, 11) is 0. The van der Waals surface area contributed by atoms with Crippen molar-refractivity contribution in [2.24, 2.45) is 0 Å². The molecule has 2 aromatic rings. The maximum atomic E-state index is 13.9. The van der Waals surface area contributed by atoms with Crippen molar-refractivity contribution in [3.63, 3.8) is 0 Å². The number of halogens is 2. The van der Waals surface area contributed by atoms with Crippen LogP contribution in [0.5, 0.6) is 5.75 Å². The average molecular weight is 328 g/mol. The molecule has 0 N–H and O–H groups in total. The van der Waals surface area contributed by atoms with Crippen LogP contribution in [0.15, 0.2) is 48.5 Å². The van der Waals surface area contributed by atoms with E-state index in [-0.39, 0.29) is 0 Å². The Morgan fingerprint density at radius 3 is 2.54 bits per heavy atom. The second kappa shape index (κ2) is 7.61. The number of benzene rings is 2. The number of allylic oxidation sites excluding steroid dienone is 2. The van der Waals surface area contributed by atoms with Gasteiger partial charge in [-0.05, 0) is 60.9 Å². The fraction of sp³-hybridized carbons (Fsp3) is 0.333. The van der Waals surface area contributed by atoms with Gasteiger partial charge < -0.3 is 4.74 Å². The van der Waals surface area contributed by atoms with Crippen molar-refractivity contribution in [1.82, 2.24) is 0 Å². The third-order valence-corrected chi connectivity index (χ3v) is 4.53. The summed E-state index contributed by atoms with van der Waals surface area (Å²) in [6.45, 7) is 2.82. The molecular formula is C21H22F2O. The lowest BCUT2D eigenvalue weighted by Crippen LogP contribution is -2.05. The molecule has 3 heteroatoms. The van der Waals surface area contributed by atoms with E-state index < -0.39 is 11.6 Å². The summed E-state index contributed by atoms with van der Waals surface area (Å²) in [5.41, 5.74) is 2.58. The standard InChI is InChI=1S/C21H22F2O/c1-2-14-24-18-12-10-16(11-13-18)15-6-8-17(9-7-15)19-4-3-5-20(22)21(19)23/h3-5,8,10-13,15H,2,6-7,9,14H2,1H3. The molecule has 1 aliphatic rings. The maximum Gasteiger partial charge on any atom is 0.166 e. The first-order valence-corrected chi connectivity index (χ1v) is 8.55. The summed E-state index contributed by atoms with van der Waals surface area (Å²) in [5.74, 6) is -0.196. The largest absolute Gasteiger partial charge is 0.494 e. The second-order valence-corrected chi connectivity index (χ2v) is 6.22. The average Bonchev–Trinajstić information content (AvgIpc) is 2.63. The third kappa shape index (κ3) is 3.66. The first-order valence-electron chi connectivity index (χ1n) is 8.55. The molecule has 1 unspecified atom stereocenters. The van der Waals surface area contributed by atoms with Crippen molar-refractivity contribution in [2.75, 3.05) is 6.61 Å². The van der Waals surface area contributed by atoms with E-state index in [1.165, 1.54) is 5.56 Å². The summed E-state index contributed by atoms with van der Waals surface area (Å²) >= 11 is 0. The molecular weight excluding hydrogens is 306 g/mol. The summed E-state index contributed by atoms with van der Waals surface area (Å²) in [6, 6.07) is 12.6. The Kier molecular flexibility index (Phi) is 5.29. The Morgan fingerprint density at radius 1 is 1.08 bits per heavy atom. The highest BCUT2D eigenvalue weighted by atomic mass is 19.2. The van der Waals surface area contributed by atoms with Crippen LogP contribution in [0.2, 0.25) is 0 Å². The molecule has 0 fully saturated rings. The van der Waals surface area contributed by atoms with Crippen LogP contribution in [0, 0.1) is 11.6 Å². The Hall–Kier alpha value is -2.16. The zero-order valence-electron chi connectivity index (χ0n) is 13.9. The molecule has 1 atom stereocenters. The minimum Gasteiger partial charge on any atom is -0.494 e. The zero-order chi connectivity index (χ0) is 16.9. The molecule has 2 aromatic carbocycles. The lowest BCUT2D eigenvalue weighted by molar-refractivity contribution is 0.317. The molecule has 0 aliphatic heterocycles. The highest BCUT2D eigenvalue weighted by Crippen LogP contribution is 2.37. The fourth-order valence-corrected chi connectivity index (χ4v) is 3.19. The van der Waals surface area contributed by atoms with Gasteiger partial charge in [0.05, 0.1) is 6.61 Å². The molecule has 0 saturated heterocycles. The molecule has 0 aromatic heterocycles. The smallest absolute Gasteiger partial charge is 0.166 e. The van der Waals surface area contributed by atoms with E-state index >= 15 is 0 Å². The summed E-state index contributed by atoms with van der Waals surface area (Å²) in [4.78, 5) is 0. The highest BCUT2D eigenvalue weighted by Gasteiger charge is 2.20. The van der Waals surface area contributed by atoms with Gasteiger partial charge in [-0.25, -0.2) is 8.78 Å². The fourth-order valence-electron chi connectivity index (χ4n) is 3.19. The van der Waals surface area contributed by atoms with Crippen molar-refractivity contribution in [3.8, 4) is 5.75 Å². The number of hydrogen-bond donors (Lipinski definition) is 0. The molecule has 0 bridgehead atoms.